The van der Waals surface area contributed by atoms with E-state index in [0.29, 0.717) is 18.9 Å². The van der Waals surface area contributed by atoms with E-state index in [-0.39, 0.29) is 23.9 Å². The van der Waals surface area contributed by atoms with Crippen LogP contribution in [0.2, 0.25) is 0 Å². The summed E-state index contributed by atoms with van der Waals surface area (Å²) in [7, 11) is 0. The molecular formula is C16H27ClF3N3O. The van der Waals surface area contributed by atoms with Crippen molar-refractivity contribution < 1.29 is 17.9 Å². The monoisotopic (exact) mass is 369 g/mol. The average Bonchev–Trinajstić information content (AvgIpc) is 2.92. The summed E-state index contributed by atoms with van der Waals surface area (Å²) in [6, 6.07) is 0.323. The molecule has 0 amide bonds. The lowest BCUT2D eigenvalue weighted by Gasteiger charge is -2.29. The molecule has 0 atom stereocenters. The molecule has 1 aliphatic rings. The normalized spacial score (nSPS) is 22.2. The molecular weight excluding hydrogens is 343 g/mol. The summed E-state index contributed by atoms with van der Waals surface area (Å²) in [6.07, 6.45) is 0.354. The number of aromatic amines is 1. The standard InChI is InChI=1S/C16H26F3N3O.ClH/c1-15(2,3)14-11(9-21-22-14)8-20-12-4-6-13(7-5-12)23-10-16(17,18)19;/h9,12-13,20H,4-8,10H2,1-3H3,(H,21,22);1H. The first-order valence-corrected chi connectivity index (χ1v) is 8.09. The Kier molecular flexibility index (Phi) is 7.56. The fourth-order valence-electron chi connectivity index (χ4n) is 2.99. The van der Waals surface area contributed by atoms with Crippen LogP contribution >= 0.6 is 12.4 Å². The Labute approximate surface area is 147 Å². The molecule has 1 saturated carbocycles. The molecule has 0 bridgehead atoms. The van der Waals surface area contributed by atoms with E-state index >= 15 is 0 Å². The summed E-state index contributed by atoms with van der Waals surface area (Å²) in [5.74, 6) is 0. The van der Waals surface area contributed by atoms with Crippen molar-refractivity contribution in [2.45, 2.75) is 76.7 Å². The second-order valence-corrected chi connectivity index (χ2v) is 7.30. The van der Waals surface area contributed by atoms with Crippen molar-refractivity contribution >= 4 is 12.4 Å². The van der Waals surface area contributed by atoms with Gasteiger partial charge in [0.1, 0.15) is 6.61 Å². The fraction of sp³-hybridized carbons (Fsp3) is 0.812. The SMILES string of the molecule is CC(C)(C)c1[nH]ncc1CNC1CCC(OCC(F)(F)F)CC1.Cl. The third kappa shape index (κ3) is 6.61. The van der Waals surface area contributed by atoms with Crippen LogP contribution in [0.3, 0.4) is 0 Å². The molecule has 140 valence electrons. The second-order valence-electron chi connectivity index (χ2n) is 7.30. The summed E-state index contributed by atoms with van der Waals surface area (Å²) < 4.78 is 41.4. The first-order chi connectivity index (χ1) is 10.6. The van der Waals surface area contributed by atoms with Gasteiger partial charge in [0.25, 0.3) is 0 Å². The Balaban J connectivity index is 0.00000288. The zero-order chi connectivity index (χ0) is 17.1. The van der Waals surface area contributed by atoms with Gasteiger partial charge in [-0.3, -0.25) is 5.10 Å². The van der Waals surface area contributed by atoms with Crippen LogP contribution in [-0.2, 0) is 16.7 Å². The highest BCUT2D eigenvalue weighted by atomic mass is 35.5. The van der Waals surface area contributed by atoms with Crippen LogP contribution in [-0.4, -0.2) is 35.1 Å². The zero-order valence-corrected chi connectivity index (χ0v) is 15.2. The van der Waals surface area contributed by atoms with Crippen LogP contribution in [0, 0.1) is 0 Å². The van der Waals surface area contributed by atoms with Gasteiger partial charge in [-0.2, -0.15) is 18.3 Å². The number of hydrogen-bond donors (Lipinski definition) is 2. The highest BCUT2D eigenvalue weighted by molar-refractivity contribution is 5.85. The zero-order valence-electron chi connectivity index (χ0n) is 14.4. The fourth-order valence-corrected chi connectivity index (χ4v) is 2.99. The van der Waals surface area contributed by atoms with Crippen molar-refractivity contribution in [3.8, 4) is 0 Å². The highest BCUT2D eigenvalue weighted by Gasteiger charge is 2.31. The van der Waals surface area contributed by atoms with Gasteiger partial charge in [-0.15, -0.1) is 12.4 Å². The van der Waals surface area contributed by atoms with E-state index in [9.17, 15) is 13.2 Å². The van der Waals surface area contributed by atoms with Gasteiger partial charge < -0.3 is 10.1 Å². The van der Waals surface area contributed by atoms with E-state index in [1.807, 2.05) is 6.20 Å². The molecule has 0 unspecified atom stereocenters. The van der Waals surface area contributed by atoms with Crippen molar-refractivity contribution in [2.75, 3.05) is 6.61 Å². The van der Waals surface area contributed by atoms with Crippen LogP contribution in [0.25, 0.3) is 0 Å². The molecule has 1 fully saturated rings. The highest BCUT2D eigenvalue weighted by Crippen LogP contribution is 2.26. The number of hydrogen-bond acceptors (Lipinski definition) is 3. The number of nitrogens with one attached hydrogen (secondary N) is 2. The molecule has 2 rings (SSSR count). The molecule has 0 radical (unpaired) electrons. The Hall–Kier alpha value is -0.790. The molecule has 0 spiro atoms. The summed E-state index contributed by atoms with van der Waals surface area (Å²) >= 11 is 0. The quantitative estimate of drug-likeness (QED) is 0.821. The molecule has 4 nitrogen and oxygen atoms in total. The average molecular weight is 370 g/mol. The van der Waals surface area contributed by atoms with Gasteiger partial charge >= 0.3 is 6.18 Å². The lowest BCUT2D eigenvalue weighted by molar-refractivity contribution is -0.188. The summed E-state index contributed by atoms with van der Waals surface area (Å²) in [5, 5.41) is 10.7. The smallest absolute Gasteiger partial charge is 0.369 e. The van der Waals surface area contributed by atoms with Gasteiger partial charge in [-0.1, -0.05) is 20.8 Å². The van der Waals surface area contributed by atoms with Gasteiger partial charge in [0.05, 0.1) is 12.3 Å². The molecule has 2 N–H and O–H groups in total. The molecule has 8 heteroatoms. The van der Waals surface area contributed by atoms with Gasteiger partial charge in [0, 0.05) is 29.3 Å². The van der Waals surface area contributed by atoms with Crippen molar-refractivity contribution in [3.63, 3.8) is 0 Å². The summed E-state index contributed by atoms with van der Waals surface area (Å²) in [4.78, 5) is 0. The number of halogens is 4. The number of ether oxygens (including phenoxy) is 1. The predicted molar refractivity (Wildman–Crippen MR) is 89.4 cm³/mol. The molecule has 0 saturated heterocycles. The van der Waals surface area contributed by atoms with Crippen LogP contribution in [0.5, 0.6) is 0 Å². The molecule has 1 aromatic rings. The minimum atomic E-state index is -4.24. The van der Waals surface area contributed by atoms with E-state index < -0.39 is 12.8 Å². The number of nitrogens with zero attached hydrogens (tertiary/aromatic N) is 1. The van der Waals surface area contributed by atoms with Crippen molar-refractivity contribution in [3.05, 3.63) is 17.5 Å². The maximum absolute atomic E-state index is 12.2. The van der Waals surface area contributed by atoms with E-state index in [4.69, 9.17) is 4.74 Å². The maximum Gasteiger partial charge on any atom is 0.411 e. The predicted octanol–water partition coefficient (Wildman–Crippen LogP) is 4.11. The molecule has 0 aliphatic heterocycles. The van der Waals surface area contributed by atoms with E-state index in [1.54, 1.807) is 0 Å². The molecule has 1 heterocycles. The number of alkyl halides is 3. The Morgan fingerprint density at radius 3 is 2.38 bits per heavy atom. The Bertz CT molecular complexity index is 491. The van der Waals surface area contributed by atoms with Crippen LogP contribution in [0.15, 0.2) is 6.20 Å². The van der Waals surface area contributed by atoms with E-state index in [0.717, 1.165) is 30.6 Å². The van der Waals surface area contributed by atoms with Gasteiger partial charge in [-0.05, 0) is 25.7 Å². The lowest BCUT2D eigenvalue weighted by Crippen LogP contribution is -2.36. The Morgan fingerprint density at radius 2 is 1.83 bits per heavy atom. The third-order valence-electron chi connectivity index (χ3n) is 4.21. The lowest BCUT2D eigenvalue weighted by atomic mass is 9.89. The largest absolute Gasteiger partial charge is 0.411 e. The van der Waals surface area contributed by atoms with E-state index in [2.05, 4.69) is 36.3 Å². The first-order valence-electron chi connectivity index (χ1n) is 8.09. The molecule has 1 aromatic heterocycles. The summed E-state index contributed by atoms with van der Waals surface area (Å²) in [5.41, 5.74) is 2.27. The van der Waals surface area contributed by atoms with Crippen molar-refractivity contribution in [1.29, 1.82) is 0 Å². The Morgan fingerprint density at radius 1 is 1.21 bits per heavy atom. The van der Waals surface area contributed by atoms with Gasteiger partial charge in [-0.25, -0.2) is 0 Å². The first kappa shape index (κ1) is 21.3. The number of rotatable bonds is 5. The van der Waals surface area contributed by atoms with Crippen LogP contribution in [0.1, 0.15) is 57.7 Å². The van der Waals surface area contributed by atoms with Crippen molar-refractivity contribution in [2.24, 2.45) is 0 Å². The van der Waals surface area contributed by atoms with Crippen molar-refractivity contribution in [1.82, 2.24) is 15.5 Å². The topological polar surface area (TPSA) is 49.9 Å². The second kappa shape index (κ2) is 8.54. The maximum atomic E-state index is 12.2. The third-order valence-corrected chi connectivity index (χ3v) is 4.21. The van der Waals surface area contributed by atoms with Crippen LogP contribution in [0.4, 0.5) is 13.2 Å². The van der Waals surface area contributed by atoms with Gasteiger partial charge in [0.15, 0.2) is 0 Å². The number of aromatic nitrogens is 2. The summed E-state index contributed by atoms with van der Waals surface area (Å²) in [6.45, 7) is 5.98. The van der Waals surface area contributed by atoms with Gasteiger partial charge in [0.2, 0.25) is 0 Å². The number of H-pyrrole nitrogens is 1. The van der Waals surface area contributed by atoms with E-state index in [1.165, 1.54) is 0 Å². The molecule has 1 aliphatic carbocycles. The minimum Gasteiger partial charge on any atom is -0.369 e. The minimum absolute atomic E-state index is 0. The van der Waals surface area contributed by atoms with Crippen LogP contribution < -0.4 is 5.32 Å². The molecule has 0 aromatic carbocycles. The molecule has 24 heavy (non-hydrogen) atoms.